The van der Waals surface area contributed by atoms with Crippen LogP contribution in [0.3, 0.4) is 0 Å². The van der Waals surface area contributed by atoms with Crippen LogP contribution >= 0.6 is 0 Å². The van der Waals surface area contributed by atoms with Crippen LogP contribution < -0.4 is 5.32 Å². The third-order valence-corrected chi connectivity index (χ3v) is 4.76. The highest BCUT2D eigenvalue weighted by Gasteiger charge is 2.31. The van der Waals surface area contributed by atoms with Crippen molar-refractivity contribution in [2.45, 2.75) is 31.5 Å². The highest BCUT2D eigenvalue weighted by molar-refractivity contribution is 5.63. The third kappa shape index (κ3) is 2.87. The van der Waals surface area contributed by atoms with E-state index in [9.17, 15) is 0 Å². The number of hydrogen-bond acceptors (Lipinski definition) is 2. The summed E-state index contributed by atoms with van der Waals surface area (Å²) < 4.78 is 0. The lowest BCUT2D eigenvalue weighted by Gasteiger charge is -2.32. The molecule has 2 aromatic rings. The maximum atomic E-state index is 3.69. The minimum absolute atomic E-state index is 0.729. The topological polar surface area (TPSA) is 15.3 Å². The highest BCUT2D eigenvalue weighted by Crippen LogP contribution is 2.23. The fourth-order valence-electron chi connectivity index (χ4n) is 3.71. The Bertz CT molecular complexity index is 579. The molecule has 4 rings (SSSR count). The number of rotatable bonds is 3. The van der Waals surface area contributed by atoms with Gasteiger partial charge < -0.3 is 5.32 Å². The predicted molar refractivity (Wildman–Crippen MR) is 87.1 cm³/mol. The Balaban J connectivity index is 1.45. The smallest absolute Gasteiger partial charge is 0.0235 e. The van der Waals surface area contributed by atoms with Gasteiger partial charge in [-0.25, -0.2) is 0 Å². The standard InChI is InChI=1S/C19H22N2/c1-2-4-16(5-3-1)17-8-6-15(7-9-17)12-21-13-18-10-11-19(14-21)20-18/h1-9,18-20H,10-14H2. The average Bonchev–Trinajstić information content (AvgIpc) is 2.88. The van der Waals surface area contributed by atoms with Gasteiger partial charge in [0, 0.05) is 31.7 Å². The Morgan fingerprint density at radius 1 is 0.810 bits per heavy atom. The number of likely N-dealkylation sites (tertiary alicyclic amines) is 1. The van der Waals surface area contributed by atoms with Crippen molar-refractivity contribution in [3.05, 3.63) is 60.2 Å². The summed E-state index contributed by atoms with van der Waals surface area (Å²) >= 11 is 0. The summed E-state index contributed by atoms with van der Waals surface area (Å²) in [6.45, 7) is 3.50. The lowest BCUT2D eigenvalue weighted by molar-refractivity contribution is 0.189. The summed E-state index contributed by atoms with van der Waals surface area (Å²) in [7, 11) is 0. The van der Waals surface area contributed by atoms with Gasteiger partial charge in [-0.05, 0) is 29.5 Å². The van der Waals surface area contributed by atoms with Gasteiger partial charge in [-0.1, -0.05) is 54.6 Å². The molecule has 0 radical (unpaired) electrons. The number of fused-ring (bicyclic) bond motifs is 2. The van der Waals surface area contributed by atoms with Gasteiger partial charge in [0.05, 0.1) is 0 Å². The molecule has 2 unspecified atom stereocenters. The molecule has 2 heteroatoms. The maximum Gasteiger partial charge on any atom is 0.0235 e. The Labute approximate surface area is 126 Å². The number of nitrogens with one attached hydrogen (secondary N) is 1. The molecule has 108 valence electrons. The van der Waals surface area contributed by atoms with Crippen molar-refractivity contribution >= 4 is 0 Å². The van der Waals surface area contributed by atoms with E-state index in [0.29, 0.717) is 0 Å². The SMILES string of the molecule is c1ccc(-c2ccc(CN3CC4CCC(C3)N4)cc2)cc1. The van der Waals surface area contributed by atoms with Gasteiger partial charge in [0.2, 0.25) is 0 Å². The van der Waals surface area contributed by atoms with Gasteiger partial charge in [0.1, 0.15) is 0 Å². The van der Waals surface area contributed by atoms with Crippen molar-refractivity contribution in [2.75, 3.05) is 13.1 Å². The van der Waals surface area contributed by atoms with Crippen molar-refractivity contribution < 1.29 is 0 Å². The van der Waals surface area contributed by atoms with Gasteiger partial charge in [-0.15, -0.1) is 0 Å². The molecule has 0 amide bonds. The summed E-state index contributed by atoms with van der Waals surface area (Å²) in [6.07, 6.45) is 2.71. The third-order valence-electron chi connectivity index (χ3n) is 4.76. The second-order valence-corrected chi connectivity index (χ2v) is 6.39. The van der Waals surface area contributed by atoms with E-state index >= 15 is 0 Å². The van der Waals surface area contributed by atoms with E-state index in [2.05, 4.69) is 64.8 Å². The van der Waals surface area contributed by atoms with E-state index in [1.54, 1.807) is 0 Å². The zero-order chi connectivity index (χ0) is 14.1. The first kappa shape index (κ1) is 13.1. The number of benzene rings is 2. The maximum absolute atomic E-state index is 3.69. The molecule has 2 aromatic carbocycles. The molecule has 1 N–H and O–H groups in total. The Hall–Kier alpha value is -1.64. The van der Waals surface area contributed by atoms with Gasteiger partial charge in [-0.2, -0.15) is 0 Å². The van der Waals surface area contributed by atoms with Crippen molar-refractivity contribution in [1.82, 2.24) is 10.2 Å². The quantitative estimate of drug-likeness (QED) is 0.927. The fraction of sp³-hybridized carbons (Fsp3) is 0.368. The van der Waals surface area contributed by atoms with Crippen LogP contribution in [0.15, 0.2) is 54.6 Å². The lowest BCUT2D eigenvalue weighted by Crippen LogP contribution is -2.50. The molecule has 2 bridgehead atoms. The molecule has 0 aromatic heterocycles. The summed E-state index contributed by atoms with van der Waals surface area (Å²) in [5, 5.41) is 3.69. The zero-order valence-electron chi connectivity index (χ0n) is 12.3. The van der Waals surface area contributed by atoms with Crippen LogP contribution in [0.1, 0.15) is 18.4 Å². The Kier molecular flexibility index (Phi) is 3.50. The van der Waals surface area contributed by atoms with Crippen molar-refractivity contribution in [3.63, 3.8) is 0 Å². The van der Waals surface area contributed by atoms with Crippen LogP contribution in [0.4, 0.5) is 0 Å². The first-order valence-electron chi connectivity index (χ1n) is 7.99. The molecule has 2 fully saturated rings. The molecule has 0 saturated carbocycles. The zero-order valence-corrected chi connectivity index (χ0v) is 12.3. The molecule has 2 saturated heterocycles. The normalized spacial score (nSPS) is 25.1. The first-order valence-corrected chi connectivity index (χ1v) is 7.99. The van der Waals surface area contributed by atoms with E-state index in [0.717, 1.165) is 18.6 Å². The van der Waals surface area contributed by atoms with Crippen molar-refractivity contribution in [1.29, 1.82) is 0 Å². The van der Waals surface area contributed by atoms with Crippen LogP contribution in [0.25, 0.3) is 11.1 Å². The number of nitrogens with zero attached hydrogens (tertiary/aromatic N) is 1. The molecule has 2 aliphatic heterocycles. The van der Waals surface area contributed by atoms with E-state index in [1.165, 1.54) is 42.6 Å². The van der Waals surface area contributed by atoms with Gasteiger partial charge >= 0.3 is 0 Å². The molecule has 0 spiro atoms. The minimum Gasteiger partial charge on any atom is -0.309 e. The van der Waals surface area contributed by atoms with E-state index < -0.39 is 0 Å². The molecule has 0 aliphatic carbocycles. The fourth-order valence-corrected chi connectivity index (χ4v) is 3.71. The van der Waals surface area contributed by atoms with Crippen LogP contribution in [0.2, 0.25) is 0 Å². The predicted octanol–water partition coefficient (Wildman–Crippen LogP) is 3.29. The van der Waals surface area contributed by atoms with Gasteiger partial charge in [-0.3, -0.25) is 4.90 Å². The van der Waals surface area contributed by atoms with E-state index in [4.69, 9.17) is 0 Å². The monoisotopic (exact) mass is 278 g/mol. The molecule has 2 aliphatic rings. The molecular weight excluding hydrogens is 256 g/mol. The van der Waals surface area contributed by atoms with Crippen molar-refractivity contribution in [2.24, 2.45) is 0 Å². The van der Waals surface area contributed by atoms with Crippen LogP contribution in [-0.2, 0) is 6.54 Å². The van der Waals surface area contributed by atoms with E-state index in [1.807, 2.05) is 0 Å². The number of hydrogen-bond donors (Lipinski definition) is 1. The molecule has 2 heterocycles. The van der Waals surface area contributed by atoms with Gasteiger partial charge in [0.25, 0.3) is 0 Å². The Morgan fingerprint density at radius 2 is 1.43 bits per heavy atom. The summed E-state index contributed by atoms with van der Waals surface area (Å²) in [4.78, 5) is 2.61. The molecular formula is C19H22N2. The highest BCUT2D eigenvalue weighted by atomic mass is 15.2. The second kappa shape index (κ2) is 5.63. The lowest BCUT2D eigenvalue weighted by atomic mass is 10.0. The molecule has 21 heavy (non-hydrogen) atoms. The van der Waals surface area contributed by atoms with Crippen LogP contribution in [-0.4, -0.2) is 30.1 Å². The minimum atomic E-state index is 0.729. The van der Waals surface area contributed by atoms with Crippen LogP contribution in [0, 0.1) is 0 Å². The molecule has 2 atom stereocenters. The largest absolute Gasteiger partial charge is 0.309 e. The average molecular weight is 278 g/mol. The van der Waals surface area contributed by atoms with E-state index in [-0.39, 0.29) is 0 Å². The van der Waals surface area contributed by atoms with Crippen LogP contribution in [0.5, 0.6) is 0 Å². The first-order chi connectivity index (χ1) is 10.4. The summed E-state index contributed by atoms with van der Waals surface area (Å²) in [5.41, 5.74) is 4.03. The summed E-state index contributed by atoms with van der Waals surface area (Å²) in [6, 6.07) is 21.1. The van der Waals surface area contributed by atoms with Gasteiger partial charge in [0.15, 0.2) is 0 Å². The molecule has 2 nitrogen and oxygen atoms in total. The van der Waals surface area contributed by atoms with Crippen molar-refractivity contribution in [3.8, 4) is 11.1 Å². The second-order valence-electron chi connectivity index (χ2n) is 6.39. The number of piperazine rings is 1. The Morgan fingerprint density at radius 3 is 2.10 bits per heavy atom. The summed E-state index contributed by atoms with van der Waals surface area (Å²) in [5.74, 6) is 0.